The smallest absolute Gasteiger partial charge is 0.138 e. The normalized spacial score (nSPS) is 18.3. The Labute approximate surface area is 141 Å². The van der Waals surface area contributed by atoms with Gasteiger partial charge in [-0.15, -0.1) is 0 Å². The van der Waals surface area contributed by atoms with Crippen LogP contribution in [-0.2, 0) is 13.6 Å². The van der Waals surface area contributed by atoms with Crippen LogP contribution in [0.15, 0.2) is 43.1 Å². The van der Waals surface area contributed by atoms with Crippen molar-refractivity contribution >= 4 is 0 Å². The summed E-state index contributed by atoms with van der Waals surface area (Å²) in [5, 5.41) is 4.37. The predicted molar refractivity (Wildman–Crippen MR) is 91.7 cm³/mol. The van der Waals surface area contributed by atoms with Gasteiger partial charge in [0.2, 0.25) is 0 Å². The lowest BCUT2D eigenvalue weighted by Crippen LogP contribution is -2.24. The number of aromatic nitrogens is 5. The molecule has 4 heterocycles. The van der Waals surface area contributed by atoms with E-state index >= 15 is 0 Å². The van der Waals surface area contributed by atoms with Gasteiger partial charge in [0.15, 0.2) is 0 Å². The van der Waals surface area contributed by atoms with Crippen LogP contribution in [0.1, 0.15) is 35.8 Å². The molecule has 6 heteroatoms. The van der Waals surface area contributed by atoms with E-state index in [2.05, 4.69) is 34.0 Å². The van der Waals surface area contributed by atoms with Crippen LogP contribution < -0.4 is 0 Å². The van der Waals surface area contributed by atoms with Crippen LogP contribution in [-0.4, -0.2) is 35.8 Å². The molecule has 0 spiro atoms. The first kappa shape index (κ1) is 15.1. The Hall–Kier alpha value is -2.47. The van der Waals surface area contributed by atoms with Crippen LogP contribution in [0, 0.1) is 6.92 Å². The maximum Gasteiger partial charge on any atom is 0.138 e. The Kier molecular flexibility index (Phi) is 3.90. The Morgan fingerprint density at radius 2 is 2.21 bits per heavy atom. The van der Waals surface area contributed by atoms with E-state index in [0.29, 0.717) is 6.04 Å². The SMILES string of the molecule is Cc1c(CN2CCCC2c2cccc(-n3ccnc3)n2)cnn1C. The van der Waals surface area contributed by atoms with Crippen molar-refractivity contribution in [1.82, 2.24) is 29.2 Å². The number of aryl methyl sites for hydroxylation is 1. The fourth-order valence-electron chi connectivity index (χ4n) is 3.43. The largest absolute Gasteiger partial charge is 0.291 e. The molecule has 1 atom stereocenters. The molecule has 1 saturated heterocycles. The third-order valence-corrected chi connectivity index (χ3v) is 4.94. The van der Waals surface area contributed by atoms with Crippen molar-refractivity contribution < 1.29 is 0 Å². The number of pyridine rings is 1. The summed E-state index contributed by atoms with van der Waals surface area (Å²) < 4.78 is 3.90. The van der Waals surface area contributed by atoms with Crippen LogP contribution in [0.25, 0.3) is 5.82 Å². The molecule has 4 rings (SSSR count). The van der Waals surface area contributed by atoms with Crippen molar-refractivity contribution in [1.29, 1.82) is 0 Å². The molecule has 1 aliphatic heterocycles. The predicted octanol–water partition coefficient (Wildman–Crippen LogP) is 2.65. The summed E-state index contributed by atoms with van der Waals surface area (Å²) in [5.41, 5.74) is 3.68. The average Bonchev–Trinajstić information content (AvgIpc) is 3.34. The molecule has 124 valence electrons. The summed E-state index contributed by atoms with van der Waals surface area (Å²) in [6.07, 6.45) is 9.84. The molecule has 0 aromatic carbocycles. The first-order valence-corrected chi connectivity index (χ1v) is 8.39. The second-order valence-electron chi connectivity index (χ2n) is 6.40. The average molecular weight is 322 g/mol. The molecule has 6 nitrogen and oxygen atoms in total. The summed E-state index contributed by atoms with van der Waals surface area (Å²) in [7, 11) is 2.00. The van der Waals surface area contributed by atoms with Crippen molar-refractivity contribution in [3.63, 3.8) is 0 Å². The molecular formula is C18H22N6. The lowest BCUT2D eigenvalue weighted by molar-refractivity contribution is 0.244. The number of hydrogen-bond donors (Lipinski definition) is 0. The lowest BCUT2D eigenvalue weighted by Gasteiger charge is -2.24. The van der Waals surface area contributed by atoms with Gasteiger partial charge >= 0.3 is 0 Å². The zero-order valence-electron chi connectivity index (χ0n) is 14.1. The molecular weight excluding hydrogens is 300 g/mol. The van der Waals surface area contributed by atoms with E-state index in [4.69, 9.17) is 4.98 Å². The van der Waals surface area contributed by atoms with E-state index in [1.165, 1.54) is 17.7 Å². The second-order valence-corrected chi connectivity index (χ2v) is 6.40. The highest BCUT2D eigenvalue weighted by Gasteiger charge is 2.28. The third-order valence-electron chi connectivity index (χ3n) is 4.94. The van der Waals surface area contributed by atoms with E-state index < -0.39 is 0 Å². The number of nitrogens with zero attached hydrogens (tertiary/aromatic N) is 6. The highest BCUT2D eigenvalue weighted by Crippen LogP contribution is 2.32. The molecule has 0 saturated carbocycles. The highest BCUT2D eigenvalue weighted by molar-refractivity contribution is 5.26. The van der Waals surface area contributed by atoms with Gasteiger partial charge in [-0.25, -0.2) is 9.97 Å². The summed E-state index contributed by atoms with van der Waals surface area (Å²) in [6, 6.07) is 6.62. The Morgan fingerprint density at radius 3 is 2.96 bits per heavy atom. The van der Waals surface area contributed by atoms with E-state index in [-0.39, 0.29) is 0 Å². The molecule has 3 aromatic heterocycles. The Balaban J connectivity index is 1.59. The highest BCUT2D eigenvalue weighted by atomic mass is 15.3. The van der Waals surface area contributed by atoms with Gasteiger partial charge in [0.1, 0.15) is 12.1 Å². The zero-order chi connectivity index (χ0) is 16.5. The molecule has 0 N–H and O–H groups in total. The quantitative estimate of drug-likeness (QED) is 0.741. The number of likely N-dealkylation sites (tertiary alicyclic amines) is 1. The van der Waals surface area contributed by atoms with E-state index in [0.717, 1.165) is 31.0 Å². The van der Waals surface area contributed by atoms with Crippen LogP contribution in [0.4, 0.5) is 0 Å². The molecule has 24 heavy (non-hydrogen) atoms. The van der Waals surface area contributed by atoms with Gasteiger partial charge in [0.25, 0.3) is 0 Å². The zero-order valence-corrected chi connectivity index (χ0v) is 14.1. The molecule has 0 amide bonds. The molecule has 1 unspecified atom stereocenters. The maximum absolute atomic E-state index is 4.88. The van der Waals surface area contributed by atoms with Gasteiger partial charge in [-0.1, -0.05) is 6.07 Å². The summed E-state index contributed by atoms with van der Waals surface area (Å²) in [5.74, 6) is 0.925. The van der Waals surface area contributed by atoms with Gasteiger partial charge in [-0.3, -0.25) is 14.1 Å². The van der Waals surface area contributed by atoms with Crippen molar-refractivity contribution in [2.45, 2.75) is 32.4 Å². The first-order valence-electron chi connectivity index (χ1n) is 8.39. The molecule has 0 bridgehead atoms. The molecule has 0 radical (unpaired) electrons. The fourth-order valence-corrected chi connectivity index (χ4v) is 3.43. The van der Waals surface area contributed by atoms with Crippen molar-refractivity contribution in [3.05, 3.63) is 60.1 Å². The minimum Gasteiger partial charge on any atom is -0.291 e. The summed E-state index contributed by atoms with van der Waals surface area (Å²) in [6.45, 7) is 4.17. The van der Waals surface area contributed by atoms with Gasteiger partial charge in [-0.05, 0) is 38.4 Å². The summed E-state index contributed by atoms with van der Waals surface area (Å²) >= 11 is 0. The maximum atomic E-state index is 4.88. The van der Waals surface area contributed by atoms with Gasteiger partial charge in [-0.2, -0.15) is 5.10 Å². The van der Waals surface area contributed by atoms with Crippen molar-refractivity contribution in [2.75, 3.05) is 6.54 Å². The van der Waals surface area contributed by atoms with Gasteiger partial charge in [0, 0.05) is 37.2 Å². The van der Waals surface area contributed by atoms with Crippen LogP contribution in [0.3, 0.4) is 0 Å². The van der Waals surface area contributed by atoms with Gasteiger partial charge in [0.05, 0.1) is 17.9 Å². The van der Waals surface area contributed by atoms with Crippen molar-refractivity contribution in [2.24, 2.45) is 7.05 Å². The standard InChI is InChI=1S/C18H22N6/c1-14-15(11-20-22(14)2)12-23-9-4-6-17(23)16-5-3-7-18(21-16)24-10-8-19-13-24/h3,5,7-8,10-11,13,17H,4,6,9,12H2,1-2H3. The molecule has 1 aliphatic rings. The Bertz CT molecular complexity index is 820. The Morgan fingerprint density at radius 1 is 1.29 bits per heavy atom. The first-order chi connectivity index (χ1) is 11.7. The third kappa shape index (κ3) is 2.73. The van der Waals surface area contributed by atoms with Gasteiger partial charge < -0.3 is 0 Å². The monoisotopic (exact) mass is 322 g/mol. The van der Waals surface area contributed by atoms with Crippen molar-refractivity contribution in [3.8, 4) is 5.82 Å². The van der Waals surface area contributed by atoms with Crippen LogP contribution in [0.5, 0.6) is 0 Å². The van der Waals surface area contributed by atoms with E-state index in [1.54, 1.807) is 12.5 Å². The topological polar surface area (TPSA) is 51.8 Å². The van der Waals surface area contributed by atoms with E-state index in [1.807, 2.05) is 34.8 Å². The minimum absolute atomic E-state index is 0.369. The minimum atomic E-state index is 0.369. The number of hydrogen-bond acceptors (Lipinski definition) is 4. The lowest BCUT2D eigenvalue weighted by atomic mass is 10.1. The van der Waals surface area contributed by atoms with Crippen LogP contribution >= 0.6 is 0 Å². The molecule has 0 aliphatic carbocycles. The molecule has 1 fully saturated rings. The number of imidazole rings is 1. The fraction of sp³-hybridized carbons (Fsp3) is 0.389. The van der Waals surface area contributed by atoms with Crippen LogP contribution in [0.2, 0.25) is 0 Å². The summed E-state index contributed by atoms with van der Waals surface area (Å²) in [4.78, 5) is 11.5. The number of rotatable bonds is 4. The molecule has 3 aromatic rings. The second kappa shape index (κ2) is 6.20. The van der Waals surface area contributed by atoms with E-state index in [9.17, 15) is 0 Å².